The Balaban J connectivity index is 0.954. The van der Waals surface area contributed by atoms with Crippen LogP contribution in [0.5, 0.6) is 0 Å². The monoisotopic (exact) mass is 978 g/mol. The molecule has 77 heavy (non-hydrogen) atoms. The van der Waals surface area contributed by atoms with Crippen molar-refractivity contribution >= 4 is 60.8 Å². The first-order valence-corrected chi connectivity index (χ1v) is 26.7. The molecular weight excluding hydrogens is 933 g/mol. The van der Waals surface area contributed by atoms with Crippen molar-refractivity contribution in [2.24, 2.45) is 0 Å². The molecule has 0 radical (unpaired) electrons. The molecule has 0 saturated heterocycles. The summed E-state index contributed by atoms with van der Waals surface area (Å²) in [5.41, 5.74) is 25.1. The molecule has 1 unspecified atom stereocenters. The van der Waals surface area contributed by atoms with Crippen LogP contribution >= 0.6 is 0 Å². The van der Waals surface area contributed by atoms with Gasteiger partial charge in [-0.25, -0.2) is 0 Å². The van der Waals surface area contributed by atoms with Crippen LogP contribution in [-0.4, -0.2) is 4.57 Å². The molecule has 12 aromatic carbocycles. The summed E-state index contributed by atoms with van der Waals surface area (Å²) in [7, 11) is 0. The number of anilines is 3. The van der Waals surface area contributed by atoms with E-state index < -0.39 is 10.8 Å². The maximum absolute atomic E-state index is 6.42. The second-order valence-electron chi connectivity index (χ2n) is 21.0. The summed E-state index contributed by atoms with van der Waals surface area (Å²) < 4.78 is 8.94. The van der Waals surface area contributed by atoms with Crippen LogP contribution in [0.1, 0.15) is 44.5 Å². The van der Waals surface area contributed by atoms with Crippen molar-refractivity contribution in [1.82, 2.24) is 4.57 Å². The lowest BCUT2D eigenvalue weighted by Gasteiger charge is -2.39. The Morgan fingerprint density at radius 3 is 1.70 bits per heavy atom. The summed E-state index contributed by atoms with van der Waals surface area (Å²) in [6, 6.07) is 104. The van der Waals surface area contributed by atoms with Crippen LogP contribution in [0.15, 0.2) is 283 Å². The van der Waals surface area contributed by atoms with E-state index in [2.05, 4.69) is 282 Å². The van der Waals surface area contributed by atoms with Gasteiger partial charge in [-0.15, -0.1) is 0 Å². The number of aromatic nitrogens is 1. The molecule has 2 aromatic heterocycles. The van der Waals surface area contributed by atoms with Gasteiger partial charge < -0.3 is 13.9 Å². The number of fused-ring (bicyclic) bond motifs is 18. The Kier molecular flexibility index (Phi) is 8.69. The van der Waals surface area contributed by atoms with Gasteiger partial charge in [0.15, 0.2) is 0 Å². The molecule has 3 nitrogen and oxygen atoms in total. The number of furan rings is 1. The normalized spacial score (nSPS) is 15.2. The SMILES string of the molecule is c1ccc(C2(c3ccccc3)c3ccccc3-c3ccc(N(c4ccc(-c5cccc6oc7ccccc7c56)cc4)c4cccc5c4-c4ccccc4C54c5ccccc5-n5c6ccccc6c6cccc4c65)cc32)cc1. The Hall–Kier alpha value is -9.96. The lowest BCUT2D eigenvalue weighted by molar-refractivity contribution is 0.669. The van der Waals surface area contributed by atoms with E-state index in [9.17, 15) is 0 Å². The van der Waals surface area contributed by atoms with Crippen molar-refractivity contribution in [2.75, 3.05) is 4.90 Å². The number of hydrogen-bond acceptors (Lipinski definition) is 2. The maximum Gasteiger partial charge on any atom is 0.136 e. The highest BCUT2D eigenvalue weighted by Crippen LogP contribution is 2.64. The van der Waals surface area contributed by atoms with Crippen molar-refractivity contribution in [2.45, 2.75) is 10.8 Å². The summed E-state index contributed by atoms with van der Waals surface area (Å²) in [5, 5.41) is 4.79. The smallest absolute Gasteiger partial charge is 0.136 e. The molecule has 2 aliphatic carbocycles. The highest BCUT2D eigenvalue weighted by atomic mass is 16.3. The minimum Gasteiger partial charge on any atom is -0.456 e. The quantitative estimate of drug-likeness (QED) is 0.166. The highest BCUT2D eigenvalue weighted by molar-refractivity contribution is 6.14. The van der Waals surface area contributed by atoms with E-state index in [-0.39, 0.29) is 0 Å². The molecule has 14 aromatic rings. The molecule has 3 aliphatic rings. The van der Waals surface area contributed by atoms with Crippen LogP contribution in [0.2, 0.25) is 0 Å². The zero-order valence-electron chi connectivity index (χ0n) is 41.9. The van der Waals surface area contributed by atoms with E-state index in [1.807, 2.05) is 6.07 Å². The van der Waals surface area contributed by atoms with Gasteiger partial charge in [-0.3, -0.25) is 0 Å². The zero-order chi connectivity index (χ0) is 50.4. The molecule has 0 fully saturated rings. The predicted molar refractivity (Wildman–Crippen MR) is 316 cm³/mol. The number of hydrogen-bond donors (Lipinski definition) is 0. The van der Waals surface area contributed by atoms with E-state index in [0.29, 0.717) is 0 Å². The molecule has 3 heterocycles. The lowest BCUT2D eigenvalue weighted by Crippen LogP contribution is -2.33. The molecule has 1 spiro atoms. The van der Waals surface area contributed by atoms with Crippen molar-refractivity contribution in [3.05, 3.63) is 324 Å². The van der Waals surface area contributed by atoms with Crippen molar-refractivity contribution in [3.8, 4) is 39.1 Å². The van der Waals surface area contributed by atoms with Gasteiger partial charge >= 0.3 is 0 Å². The molecule has 1 aliphatic heterocycles. The van der Waals surface area contributed by atoms with Crippen molar-refractivity contribution < 1.29 is 4.42 Å². The molecule has 17 rings (SSSR count). The summed E-state index contributed by atoms with van der Waals surface area (Å²) >= 11 is 0. The molecular formula is C74H46N2O. The number of rotatable bonds is 6. The van der Waals surface area contributed by atoms with Gasteiger partial charge in [0, 0.05) is 38.5 Å². The third-order valence-corrected chi connectivity index (χ3v) is 17.5. The van der Waals surface area contributed by atoms with Gasteiger partial charge in [-0.05, 0) is 127 Å². The van der Waals surface area contributed by atoms with Gasteiger partial charge in [0.05, 0.1) is 33.2 Å². The fraction of sp³-hybridized carbons (Fsp3) is 0.0270. The van der Waals surface area contributed by atoms with E-state index in [1.165, 1.54) is 94.3 Å². The molecule has 1 atom stereocenters. The van der Waals surface area contributed by atoms with Crippen LogP contribution in [0.4, 0.5) is 17.1 Å². The van der Waals surface area contributed by atoms with Gasteiger partial charge in [-0.1, -0.05) is 224 Å². The van der Waals surface area contributed by atoms with Crippen LogP contribution in [0.3, 0.4) is 0 Å². The fourth-order valence-corrected chi connectivity index (χ4v) is 14.6. The fourth-order valence-electron chi connectivity index (χ4n) is 14.6. The number of benzene rings is 12. The minimum absolute atomic E-state index is 0.579. The first kappa shape index (κ1) is 42.4. The second kappa shape index (κ2) is 15.8. The molecule has 0 amide bonds. The predicted octanol–water partition coefficient (Wildman–Crippen LogP) is 18.9. The van der Waals surface area contributed by atoms with Gasteiger partial charge in [0.1, 0.15) is 11.2 Å². The standard InChI is InChI=1S/C74H46N2O/c1-3-20-48(21-4-1)73(49-22-5-2-6-23-49)59-30-11-7-24-53(59)54-45-44-51(46-64(54)73)75(50-42-40-47(41-43-50)52-28-18-39-69-70(52)58-27-10-16-38-68(58)77-69)67-37-19-33-62-71(67)57-26-8-12-31-60(57)74(62)61-32-13-15-36-66(61)76-65-35-14-9-25-55(65)56-29-17-34-63(74)72(56)76/h1-46H. The minimum atomic E-state index is -0.612. The zero-order valence-corrected chi connectivity index (χ0v) is 41.9. The van der Waals surface area contributed by atoms with E-state index >= 15 is 0 Å². The van der Waals surface area contributed by atoms with E-state index in [1.54, 1.807) is 0 Å². The van der Waals surface area contributed by atoms with Gasteiger partial charge in [0.2, 0.25) is 0 Å². The van der Waals surface area contributed by atoms with Crippen LogP contribution in [-0.2, 0) is 10.8 Å². The van der Waals surface area contributed by atoms with Crippen molar-refractivity contribution in [3.63, 3.8) is 0 Å². The largest absolute Gasteiger partial charge is 0.456 e. The average Bonchev–Trinajstić information content (AvgIpc) is 4.43. The first-order valence-electron chi connectivity index (χ1n) is 26.7. The molecule has 3 heteroatoms. The molecule has 0 saturated carbocycles. The summed E-state index contributed by atoms with van der Waals surface area (Å²) in [4.78, 5) is 2.54. The Morgan fingerprint density at radius 1 is 0.338 bits per heavy atom. The van der Waals surface area contributed by atoms with Crippen LogP contribution in [0, 0.1) is 0 Å². The number of para-hydroxylation sites is 4. The topological polar surface area (TPSA) is 21.3 Å². The third-order valence-electron chi connectivity index (χ3n) is 17.5. The van der Waals surface area contributed by atoms with Crippen molar-refractivity contribution in [1.29, 1.82) is 0 Å². The van der Waals surface area contributed by atoms with Crippen LogP contribution in [0.25, 0.3) is 82.8 Å². The van der Waals surface area contributed by atoms with Gasteiger partial charge in [0.25, 0.3) is 0 Å². The lowest BCUT2D eigenvalue weighted by atomic mass is 9.65. The average molecular weight is 979 g/mol. The first-order chi connectivity index (χ1) is 38.2. The van der Waals surface area contributed by atoms with E-state index in [0.717, 1.165) is 50.1 Å². The third kappa shape index (κ3) is 5.49. The second-order valence-corrected chi connectivity index (χ2v) is 21.0. The summed E-state index contributed by atoms with van der Waals surface area (Å²) in [6.07, 6.45) is 0. The Morgan fingerprint density at radius 2 is 0.896 bits per heavy atom. The Bertz CT molecular complexity index is 4710. The van der Waals surface area contributed by atoms with Crippen LogP contribution < -0.4 is 4.90 Å². The van der Waals surface area contributed by atoms with Gasteiger partial charge in [-0.2, -0.15) is 0 Å². The summed E-state index contributed by atoms with van der Waals surface area (Å²) in [6.45, 7) is 0. The Labute approximate surface area is 445 Å². The molecule has 0 N–H and O–H groups in total. The van der Waals surface area contributed by atoms with E-state index in [4.69, 9.17) is 4.42 Å². The maximum atomic E-state index is 6.42. The number of nitrogens with zero attached hydrogens (tertiary/aromatic N) is 2. The molecule has 358 valence electrons. The molecule has 0 bridgehead atoms. The highest BCUT2D eigenvalue weighted by Gasteiger charge is 2.52. The summed E-state index contributed by atoms with van der Waals surface area (Å²) in [5.74, 6) is 0.